The Kier molecular flexibility index (Phi) is 4.58. The van der Waals surface area contributed by atoms with E-state index in [1.807, 2.05) is 0 Å². The normalized spacial score (nSPS) is 13.2. The van der Waals surface area contributed by atoms with E-state index in [-0.39, 0.29) is 0 Å². The molecule has 0 unspecified atom stereocenters. The smallest absolute Gasteiger partial charge is 0.421 e. The number of benzene rings is 1. The fraction of sp³-hybridized carbons (Fsp3) is 0.300. The lowest BCUT2D eigenvalue weighted by Gasteiger charge is -2.29. The molecule has 0 radical (unpaired) electrons. The molecule has 0 saturated heterocycles. The first kappa shape index (κ1) is 19.0. The van der Waals surface area contributed by atoms with Crippen molar-refractivity contribution < 1.29 is 58.5 Å². The molecule has 0 spiro atoms. The number of halogens is 10. The molecule has 23 heavy (non-hydrogen) atoms. The summed E-state index contributed by atoms with van der Waals surface area (Å²) in [6.45, 7) is 0. The molecule has 0 saturated carbocycles. The van der Waals surface area contributed by atoms with Crippen LogP contribution in [0.5, 0.6) is 5.75 Å². The number of aliphatic hydroxyl groups is 1. The Bertz CT molecular complexity index is 619. The van der Waals surface area contributed by atoms with Gasteiger partial charge in [-0.2, -0.15) is 30.7 Å². The predicted molar refractivity (Wildman–Crippen MR) is 49.0 cm³/mol. The standard InChI is InChI=1S/C10H2F10O3/c11-2-1-3(5(13)6(14)4(2)12)23-7(21)8(22,9(15,16)17)10(18,19)20/h1,22H. The summed E-state index contributed by atoms with van der Waals surface area (Å²) in [5, 5.41) is 8.59. The molecule has 130 valence electrons. The summed E-state index contributed by atoms with van der Waals surface area (Å²) in [5.41, 5.74) is -6.10. The lowest BCUT2D eigenvalue weighted by atomic mass is 10.0. The van der Waals surface area contributed by atoms with Crippen LogP contribution < -0.4 is 4.74 Å². The van der Waals surface area contributed by atoms with Crippen LogP contribution in [0, 0.1) is 23.3 Å². The van der Waals surface area contributed by atoms with E-state index in [0.29, 0.717) is 0 Å². The van der Waals surface area contributed by atoms with E-state index < -0.39 is 59.0 Å². The minimum absolute atomic E-state index is 0.515. The quantitative estimate of drug-likeness (QED) is 0.290. The second-order valence-corrected chi connectivity index (χ2v) is 3.89. The lowest BCUT2D eigenvalue weighted by Crippen LogP contribution is -2.63. The number of ether oxygens (including phenoxy) is 1. The maximum absolute atomic E-state index is 13.1. The maximum atomic E-state index is 13.1. The van der Waals surface area contributed by atoms with E-state index in [9.17, 15) is 48.7 Å². The van der Waals surface area contributed by atoms with Crippen molar-refractivity contribution in [3.05, 3.63) is 29.3 Å². The van der Waals surface area contributed by atoms with Crippen LogP contribution in [0.3, 0.4) is 0 Å². The molecule has 0 bridgehead atoms. The van der Waals surface area contributed by atoms with E-state index in [1.54, 1.807) is 0 Å². The van der Waals surface area contributed by atoms with Crippen molar-refractivity contribution >= 4 is 5.97 Å². The average molecular weight is 360 g/mol. The minimum atomic E-state index is -6.66. The van der Waals surface area contributed by atoms with Crippen LogP contribution in [0.15, 0.2) is 6.07 Å². The van der Waals surface area contributed by atoms with Crippen molar-refractivity contribution in [2.75, 3.05) is 0 Å². The summed E-state index contributed by atoms with van der Waals surface area (Å²) in [4.78, 5) is 11.0. The van der Waals surface area contributed by atoms with Gasteiger partial charge in [0.25, 0.3) is 0 Å². The van der Waals surface area contributed by atoms with Gasteiger partial charge in [0.05, 0.1) is 0 Å². The lowest BCUT2D eigenvalue weighted by molar-refractivity contribution is -0.354. The van der Waals surface area contributed by atoms with E-state index in [1.165, 1.54) is 0 Å². The Balaban J connectivity index is 3.36. The zero-order valence-electron chi connectivity index (χ0n) is 10.1. The molecule has 13 heteroatoms. The Hall–Kier alpha value is -2.05. The highest BCUT2D eigenvalue weighted by Crippen LogP contribution is 2.44. The molecule has 0 fully saturated rings. The van der Waals surface area contributed by atoms with E-state index in [0.717, 1.165) is 0 Å². The maximum Gasteiger partial charge on any atom is 0.437 e. The van der Waals surface area contributed by atoms with Crippen molar-refractivity contribution in [2.24, 2.45) is 0 Å². The van der Waals surface area contributed by atoms with Crippen LogP contribution in [-0.2, 0) is 4.79 Å². The van der Waals surface area contributed by atoms with E-state index in [4.69, 9.17) is 5.11 Å². The molecular weight excluding hydrogens is 358 g/mol. The summed E-state index contributed by atoms with van der Waals surface area (Å²) < 4.78 is 128. The highest BCUT2D eigenvalue weighted by molar-refractivity contribution is 5.83. The summed E-state index contributed by atoms with van der Waals surface area (Å²) in [6.07, 6.45) is -13.3. The number of hydrogen-bond donors (Lipinski definition) is 1. The molecule has 0 aliphatic carbocycles. The average Bonchev–Trinajstić information content (AvgIpc) is 2.38. The Labute approximate surface area is 119 Å². The van der Waals surface area contributed by atoms with Gasteiger partial charge >= 0.3 is 23.9 Å². The zero-order valence-corrected chi connectivity index (χ0v) is 10.1. The number of esters is 1. The molecule has 1 aromatic carbocycles. The van der Waals surface area contributed by atoms with Crippen molar-refractivity contribution in [1.82, 2.24) is 0 Å². The third-order valence-corrected chi connectivity index (χ3v) is 2.39. The van der Waals surface area contributed by atoms with Crippen molar-refractivity contribution in [3.8, 4) is 5.75 Å². The van der Waals surface area contributed by atoms with E-state index >= 15 is 0 Å². The van der Waals surface area contributed by atoms with Crippen LogP contribution in [0.4, 0.5) is 43.9 Å². The number of rotatable bonds is 2. The molecule has 0 amide bonds. The van der Waals surface area contributed by atoms with Gasteiger partial charge < -0.3 is 9.84 Å². The van der Waals surface area contributed by atoms with Crippen LogP contribution in [0.1, 0.15) is 0 Å². The molecular formula is C10H2F10O3. The van der Waals surface area contributed by atoms with Gasteiger partial charge in [-0.25, -0.2) is 18.0 Å². The molecule has 0 aliphatic heterocycles. The SMILES string of the molecule is O=C(Oc1cc(F)c(F)c(F)c1F)C(O)(C(F)(F)F)C(F)(F)F. The molecule has 0 heterocycles. The second-order valence-electron chi connectivity index (χ2n) is 3.89. The van der Waals surface area contributed by atoms with Gasteiger partial charge in [0.15, 0.2) is 17.4 Å². The number of carbonyl (C=O) groups is 1. The summed E-state index contributed by atoms with van der Waals surface area (Å²) in [5.74, 6) is -15.6. The second kappa shape index (κ2) is 5.54. The molecule has 3 nitrogen and oxygen atoms in total. The molecule has 1 aromatic rings. The number of alkyl halides is 6. The topological polar surface area (TPSA) is 46.5 Å². The molecule has 0 aliphatic rings. The van der Waals surface area contributed by atoms with Gasteiger partial charge in [-0.3, -0.25) is 0 Å². The van der Waals surface area contributed by atoms with Crippen molar-refractivity contribution in [2.45, 2.75) is 18.0 Å². The summed E-state index contributed by atoms with van der Waals surface area (Å²) >= 11 is 0. The Morgan fingerprint density at radius 3 is 1.70 bits per heavy atom. The van der Waals surface area contributed by atoms with Gasteiger partial charge in [0.1, 0.15) is 0 Å². The predicted octanol–water partition coefficient (Wildman–Crippen LogP) is 3.00. The first-order valence-electron chi connectivity index (χ1n) is 5.05. The third-order valence-electron chi connectivity index (χ3n) is 2.39. The highest BCUT2D eigenvalue weighted by Gasteiger charge is 2.76. The first-order valence-corrected chi connectivity index (χ1v) is 5.05. The fourth-order valence-electron chi connectivity index (χ4n) is 1.19. The fourth-order valence-corrected chi connectivity index (χ4v) is 1.19. The zero-order chi connectivity index (χ0) is 18.4. The van der Waals surface area contributed by atoms with Gasteiger partial charge in [-0.1, -0.05) is 0 Å². The van der Waals surface area contributed by atoms with E-state index in [2.05, 4.69) is 4.74 Å². The molecule has 1 rings (SSSR count). The first-order chi connectivity index (χ1) is 10.1. The van der Waals surface area contributed by atoms with Crippen LogP contribution in [0.2, 0.25) is 0 Å². The largest absolute Gasteiger partial charge is 0.437 e. The van der Waals surface area contributed by atoms with Crippen molar-refractivity contribution in [1.29, 1.82) is 0 Å². The molecule has 1 N–H and O–H groups in total. The summed E-state index contributed by atoms with van der Waals surface area (Å²) in [6, 6.07) is -0.515. The molecule has 0 aromatic heterocycles. The Morgan fingerprint density at radius 1 is 0.870 bits per heavy atom. The number of hydrogen-bond acceptors (Lipinski definition) is 3. The Morgan fingerprint density at radius 2 is 1.30 bits per heavy atom. The van der Waals surface area contributed by atoms with Gasteiger partial charge in [0.2, 0.25) is 11.6 Å². The van der Waals surface area contributed by atoms with Gasteiger partial charge in [-0.15, -0.1) is 0 Å². The minimum Gasteiger partial charge on any atom is -0.421 e. The van der Waals surface area contributed by atoms with Gasteiger partial charge in [0, 0.05) is 6.07 Å². The third kappa shape index (κ3) is 3.04. The van der Waals surface area contributed by atoms with Crippen LogP contribution in [-0.4, -0.2) is 29.0 Å². The highest BCUT2D eigenvalue weighted by atomic mass is 19.4. The monoisotopic (exact) mass is 360 g/mol. The number of carbonyl (C=O) groups excluding carboxylic acids is 1. The van der Waals surface area contributed by atoms with Crippen LogP contribution >= 0.6 is 0 Å². The molecule has 0 atom stereocenters. The summed E-state index contributed by atoms with van der Waals surface area (Å²) in [7, 11) is 0. The van der Waals surface area contributed by atoms with Crippen LogP contribution in [0.25, 0.3) is 0 Å². The van der Waals surface area contributed by atoms with Crippen molar-refractivity contribution in [3.63, 3.8) is 0 Å². The van der Waals surface area contributed by atoms with Gasteiger partial charge in [-0.05, 0) is 0 Å².